The van der Waals surface area contributed by atoms with E-state index in [0.29, 0.717) is 6.61 Å². The van der Waals surface area contributed by atoms with Gasteiger partial charge in [-0.3, -0.25) is 4.68 Å². The van der Waals surface area contributed by atoms with Crippen LogP contribution in [0.15, 0.2) is 12.4 Å². The zero-order valence-corrected chi connectivity index (χ0v) is 10.6. The van der Waals surface area contributed by atoms with Crippen LogP contribution in [0, 0.1) is 0 Å². The maximum atomic E-state index is 5.69. The predicted octanol–water partition coefficient (Wildman–Crippen LogP) is 1.00. The quantitative estimate of drug-likeness (QED) is 0.768. The molecule has 0 spiro atoms. The van der Waals surface area contributed by atoms with Gasteiger partial charge in [0.1, 0.15) is 12.7 Å². The summed E-state index contributed by atoms with van der Waals surface area (Å²) >= 11 is 0. The average Bonchev–Trinajstić information content (AvgIpc) is 2.75. The van der Waals surface area contributed by atoms with E-state index < -0.39 is 0 Å². The smallest absolute Gasteiger partial charge is 0.157 e. The van der Waals surface area contributed by atoms with E-state index in [2.05, 4.69) is 24.0 Å². The first-order chi connectivity index (χ1) is 8.28. The van der Waals surface area contributed by atoms with Crippen LogP contribution in [-0.2, 0) is 11.3 Å². The van der Waals surface area contributed by atoms with Gasteiger partial charge in [0, 0.05) is 19.6 Å². The molecule has 0 aliphatic carbocycles. The summed E-state index contributed by atoms with van der Waals surface area (Å²) in [6.07, 6.45) is 4.96. The van der Waals surface area contributed by atoms with E-state index >= 15 is 0 Å². The van der Waals surface area contributed by atoms with Gasteiger partial charge in [-0.15, -0.1) is 0 Å². The molecule has 1 fully saturated rings. The highest BCUT2D eigenvalue weighted by Gasteiger charge is 2.18. The molecule has 5 heteroatoms. The number of morpholine rings is 1. The van der Waals surface area contributed by atoms with Crippen molar-refractivity contribution in [3.63, 3.8) is 0 Å². The number of hydrogen-bond acceptors (Lipinski definition) is 4. The van der Waals surface area contributed by atoms with E-state index in [-0.39, 0.29) is 6.10 Å². The van der Waals surface area contributed by atoms with E-state index in [1.54, 1.807) is 6.20 Å². The predicted molar refractivity (Wildman–Crippen MR) is 65.3 cm³/mol. The molecule has 2 heterocycles. The molecule has 0 amide bonds. The maximum absolute atomic E-state index is 5.69. The van der Waals surface area contributed by atoms with Crippen molar-refractivity contribution in [3.05, 3.63) is 12.4 Å². The number of hydrogen-bond donors (Lipinski definition) is 0. The van der Waals surface area contributed by atoms with Crippen LogP contribution in [0.3, 0.4) is 0 Å². The van der Waals surface area contributed by atoms with Gasteiger partial charge in [0.2, 0.25) is 0 Å². The topological polar surface area (TPSA) is 39.5 Å². The van der Waals surface area contributed by atoms with Gasteiger partial charge in [-0.2, -0.15) is 5.10 Å². The SMILES string of the molecule is CCCn1cc(OCC2CN(C)CCO2)cn1. The molecule has 5 nitrogen and oxygen atoms in total. The molecule has 0 N–H and O–H groups in total. The summed E-state index contributed by atoms with van der Waals surface area (Å²) in [5.41, 5.74) is 0. The zero-order valence-electron chi connectivity index (χ0n) is 10.6. The Morgan fingerprint density at radius 1 is 1.59 bits per heavy atom. The lowest BCUT2D eigenvalue weighted by Crippen LogP contribution is -2.42. The fraction of sp³-hybridized carbons (Fsp3) is 0.750. The summed E-state index contributed by atoms with van der Waals surface area (Å²) in [4.78, 5) is 2.26. The minimum atomic E-state index is 0.170. The van der Waals surface area contributed by atoms with Crippen molar-refractivity contribution >= 4 is 0 Å². The van der Waals surface area contributed by atoms with Gasteiger partial charge in [0.05, 0.1) is 19.0 Å². The summed E-state index contributed by atoms with van der Waals surface area (Å²) in [6, 6.07) is 0. The van der Waals surface area contributed by atoms with Crippen molar-refractivity contribution in [2.24, 2.45) is 0 Å². The molecule has 1 aliphatic heterocycles. The second kappa shape index (κ2) is 6.02. The number of aryl methyl sites for hydroxylation is 1. The largest absolute Gasteiger partial charge is 0.488 e. The monoisotopic (exact) mass is 239 g/mol. The normalized spacial score (nSPS) is 21.6. The summed E-state index contributed by atoms with van der Waals surface area (Å²) in [5.74, 6) is 0.829. The third-order valence-corrected chi connectivity index (χ3v) is 2.84. The van der Waals surface area contributed by atoms with Crippen LogP contribution in [0.4, 0.5) is 0 Å². The molecule has 0 radical (unpaired) electrons. The molecule has 1 aliphatic rings. The van der Waals surface area contributed by atoms with Gasteiger partial charge < -0.3 is 14.4 Å². The minimum absolute atomic E-state index is 0.170. The molecule has 2 rings (SSSR count). The van der Waals surface area contributed by atoms with Crippen LogP contribution >= 0.6 is 0 Å². The lowest BCUT2D eigenvalue weighted by atomic mass is 10.3. The van der Waals surface area contributed by atoms with Crippen molar-refractivity contribution in [2.75, 3.05) is 33.4 Å². The third kappa shape index (κ3) is 3.71. The standard InChI is InChI=1S/C12H21N3O2/c1-3-4-15-9-11(7-13-15)17-10-12-8-14(2)5-6-16-12/h7,9,12H,3-6,8,10H2,1-2H3. The Kier molecular flexibility index (Phi) is 4.39. The molecule has 96 valence electrons. The highest BCUT2D eigenvalue weighted by atomic mass is 16.5. The fourth-order valence-electron chi connectivity index (χ4n) is 1.93. The molecule has 0 aromatic carbocycles. The zero-order chi connectivity index (χ0) is 12.1. The second-order valence-corrected chi connectivity index (χ2v) is 4.51. The molecule has 0 bridgehead atoms. The first kappa shape index (κ1) is 12.4. The van der Waals surface area contributed by atoms with E-state index in [9.17, 15) is 0 Å². The second-order valence-electron chi connectivity index (χ2n) is 4.51. The van der Waals surface area contributed by atoms with Crippen molar-refractivity contribution in [2.45, 2.75) is 26.0 Å². The van der Waals surface area contributed by atoms with Crippen molar-refractivity contribution < 1.29 is 9.47 Å². The molecule has 17 heavy (non-hydrogen) atoms. The lowest BCUT2D eigenvalue weighted by molar-refractivity contribution is -0.0403. The Bertz CT molecular complexity index is 340. The third-order valence-electron chi connectivity index (χ3n) is 2.84. The van der Waals surface area contributed by atoms with E-state index in [0.717, 1.165) is 38.4 Å². The van der Waals surface area contributed by atoms with Crippen molar-refractivity contribution in [3.8, 4) is 5.75 Å². The first-order valence-electron chi connectivity index (χ1n) is 6.23. The minimum Gasteiger partial charge on any atom is -0.488 e. The highest BCUT2D eigenvalue weighted by molar-refractivity contribution is 5.11. The maximum Gasteiger partial charge on any atom is 0.157 e. The van der Waals surface area contributed by atoms with Crippen LogP contribution < -0.4 is 4.74 Å². The van der Waals surface area contributed by atoms with Gasteiger partial charge in [0.25, 0.3) is 0 Å². The van der Waals surface area contributed by atoms with Crippen LogP contribution in [-0.4, -0.2) is 54.1 Å². The Morgan fingerprint density at radius 3 is 3.24 bits per heavy atom. The molecular formula is C12H21N3O2. The van der Waals surface area contributed by atoms with Gasteiger partial charge in [-0.1, -0.05) is 6.92 Å². The molecule has 1 aromatic heterocycles. The Morgan fingerprint density at radius 2 is 2.47 bits per heavy atom. The molecule has 1 saturated heterocycles. The number of likely N-dealkylation sites (N-methyl/N-ethyl adjacent to an activating group) is 1. The van der Waals surface area contributed by atoms with Crippen LogP contribution in [0.2, 0.25) is 0 Å². The van der Waals surface area contributed by atoms with Gasteiger partial charge in [-0.25, -0.2) is 0 Å². The molecule has 1 aromatic rings. The molecule has 1 atom stereocenters. The number of nitrogens with zero attached hydrogens (tertiary/aromatic N) is 3. The summed E-state index contributed by atoms with van der Waals surface area (Å²) in [7, 11) is 2.11. The number of aromatic nitrogens is 2. The Hall–Kier alpha value is -1.07. The first-order valence-corrected chi connectivity index (χ1v) is 6.23. The van der Waals surface area contributed by atoms with E-state index in [1.807, 2.05) is 10.9 Å². The lowest BCUT2D eigenvalue weighted by Gasteiger charge is -2.29. The molecule has 1 unspecified atom stereocenters. The average molecular weight is 239 g/mol. The van der Waals surface area contributed by atoms with Crippen molar-refractivity contribution in [1.29, 1.82) is 0 Å². The van der Waals surface area contributed by atoms with Gasteiger partial charge in [-0.05, 0) is 13.5 Å². The summed E-state index contributed by atoms with van der Waals surface area (Å²) < 4.78 is 13.2. The van der Waals surface area contributed by atoms with Gasteiger partial charge >= 0.3 is 0 Å². The number of ether oxygens (including phenoxy) is 2. The highest BCUT2D eigenvalue weighted by Crippen LogP contribution is 2.11. The summed E-state index contributed by atoms with van der Waals surface area (Å²) in [6.45, 7) is 6.40. The number of rotatable bonds is 5. The van der Waals surface area contributed by atoms with Crippen LogP contribution in [0.5, 0.6) is 5.75 Å². The molecule has 0 saturated carbocycles. The van der Waals surface area contributed by atoms with Crippen molar-refractivity contribution in [1.82, 2.24) is 14.7 Å². The summed E-state index contributed by atoms with van der Waals surface area (Å²) in [5, 5.41) is 4.23. The Balaban J connectivity index is 1.76. The Labute approximate surface area is 102 Å². The van der Waals surface area contributed by atoms with Gasteiger partial charge in [0.15, 0.2) is 5.75 Å². The van der Waals surface area contributed by atoms with Crippen LogP contribution in [0.1, 0.15) is 13.3 Å². The van der Waals surface area contributed by atoms with E-state index in [1.165, 1.54) is 0 Å². The van der Waals surface area contributed by atoms with E-state index in [4.69, 9.17) is 9.47 Å². The fourth-order valence-corrected chi connectivity index (χ4v) is 1.93. The molecular weight excluding hydrogens is 218 g/mol. The van der Waals surface area contributed by atoms with Crippen LogP contribution in [0.25, 0.3) is 0 Å².